The van der Waals surface area contributed by atoms with Crippen LogP contribution in [0.3, 0.4) is 0 Å². The molecule has 122 valence electrons. The Morgan fingerprint density at radius 2 is 2.04 bits per heavy atom. The van der Waals surface area contributed by atoms with E-state index in [1.54, 1.807) is 0 Å². The van der Waals surface area contributed by atoms with Crippen LogP contribution >= 0.6 is 11.6 Å². The number of hydrogen-bond donors (Lipinski definition) is 0. The van der Waals surface area contributed by atoms with E-state index in [0.717, 1.165) is 63.3 Å². The van der Waals surface area contributed by atoms with Gasteiger partial charge in [-0.25, -0.2) is 4.98 Å². The summed E-state index contributed by atoms with van der Waals surface area (Å²) in [6.07, 6.45) is 7.13. The molecule has 2 aromatic rings. The standard InChI is InChI=1S/C17H21ClN4O/c18-14-4-5-16-19-15(12-22(16)10-14)11-20-6-1-7-21(9-8-20)17(23)13-2-3-13/h4-5,10,12-13H,1-3,6-9,11H2. The minimum absolute atomic E-state index is 0.324. The number of hydrogen-bond acceptors (Lipinski definition) is 3. The lowest BCUT2D eigenvalue weighted by atomic mass is 10.3. The molecule has 2 aliphatic rings. The number of pyridine rings is 1. The Morgan fingerprint density at radius 3 is 2.87 bits per heavy atom. The Hall–Kier alpha value is -1.59. The van der Waals surface area contributed by atoms with Crippen molar-refractivity contribution in [1.29, 1.82) is 0 Å². The fourth-order valence-corrected chi connectivity index (χ4v) is 3.43. The van der Waals surface area contributed by atoms with Gasteiger partial charge in [0.1, 0.15) is 5.65 Å². The molecule has 0 N–H and O–H groups in total. The van der Waals surface area contributed by atoms with E-state index in [1.165, 1.54) is 0 Å². The van der Waals surface area contributed by atoms with Crippen LogP contribution in [0, 0.1) is 5.92 Å². The number of aromatic nitrogens is 2. The third kappa shape index (κ3) is 3.35. The summed E-state index contributed by atoms with van der Waals surface area (Å²) in [5, 5.41) is 0.713. The lowest BCUT2D eigenvalue weighted by Crippen LogP contribution is -2.36. The van der Waals surface area contributed by atoms with Crippen LogP contribution in [0.15, 0.2) is 24.5 Å². The van der Waals surface area contributed by atoms with Crippen LogP contribution in [0.25, 0.3) is 5.65 Å². The van der Waals surface area contributed by atoms with Crippen molar-refractivity contribution in [1.82, 2.24) is 19.2 Å². The van der Waals surface area contributed by atoms with E-state index in [2.05, 4.69) is 14.8 Å². The lowest BCUT2D eigenvalue weighted by Gasteiger charge is -2.21. The molecule has 1 aliphatic heterocycles. The van der Waals surface area contributed by atoms with Crippen LogP contribution in [0.2, 0.25) is 5.02 Å². The van der Waals surface area contributed by atoms with Crippen molar-refractivity contribution in [3.05, 3.63) is 35.2 Å². The van der Waals surface area contributed by atoms with E-state index in [1.807, 2.05) is 28.9 Å². The molecule has 1 saturated heterocycles. The Bertz CT molecular complexity index is 724. The summed E-state index contributed by atoms with van der Waals surface area (Å²) in [6.45, 7) is 4.50. The van der Waals surface area contributed by atoms with Crippen molar-refractivity contribution in [3.63, 3.8) is 0 Å². The summed E-state index contributed by atoms with van der Waals surface area (Å²) in [5.41, 5.74) is 1.97. The van der Waals surface area contributed by atoms with Gasteiger partial charge in [0.25, 0.3) is 0 Å². The van der Waals surface area contributed by atoms with Crippen LogP contribution in [0.4, 0.5) is 0 Å². The summed E-state index contributed by atoms with van der Waals surface area (Å²) in [7, 11) is 0. The number of carbonyl (C=O) groups is 1. The van der Waals surface area contributed by atoms with Crippen molar-refractivity contribution in [2.45, 2.75) is 25.8 Å². The number of rotatable bonds is 3. The minimum atomic E-state index is 0.324. The molecule has 0 radical (unpaired) electrons. The average molecular weight is 333 g/mol. The summed E-state index contributed by atoms with van der Waals surface area (Å²) < 4.78 is 1.97. The Morgan fingerprint density at radius 1 is 1.17 bits per heavy atom. The molecule has 2 fully saturated rings. The van der Waals surface area contributed by atoms with Gasteiger partial charge in [0.15, 0.2) is 0 Å². The highest BCUT2D eigenvalue weighted by molar-refractivity contribution is 6.30. The van der Waals surface area contributed by atoms with Gasteiger partial charge in [-0.2, -0.15) is 0 Å². The zero-order valence-corrected chi connectivity index (χ0v) is 13.9. The van der Waals surface area contributed by atoms with Crippen molar-refractivity contribution in [2.24, 2.45) is 5.92 Å². The smallest absolute Gasteiger partial charge is 0.225 e. The van der Waals surface area contributed by atoms with E-state index in [4.69, 9.17) is 11.6 Å². The zero-order valence-electron chi connectivity index (χ0n) is 13.1. The maximum atomic E-state index is 12.2. The van der Waals surface area contributed by atoms with Gasteiger partial charge in [0.2, 0.25) is 5.91 Å². The number of halogens is 1. The average Bonchev–Trinajstić information content (AvgIpc) is 3.32. The minimum Gasteiger partial charge on any atom is -0.341 e. The number of carbonyl (C=O) groups excluding carboxylic acids is 1. The molecule has 0 bridgehead atoms. The van der Waals surface area contributed by atoms with Gasteiger partial charge in [-0.3, -0.25) is 9.69 Å². The van der Waals surface area contributed by atoms with Crippen molar-refractivity contribution >= 4 is 23.2 Å². The summed E-state index contributed by atoms with van der Waals surface area (Å²) in [6, 6.07) is 3.80. The molecule has 1 saturated carbocycles. The number of nitrogens with zero attached hydrogens (tertiary/aromatic N) is 4. The SMILES string of the molecule is O=C(C1CC1)N1CCCN(Cc2cn3cc(Cl)ccc3n2)CC1. The van der Waals surface area contributed by atoms with Crippen molar-refractivity contribution in [3.8, 4) is 0 Å². The molecule has 2 aromatic heterocycles. The fraction of sp³-hybridized carbons (Fsp3) is 0.529. The predicted octanol–water partition coefficient (Wildman–Crippen LogP) is 2.43. The molecule has 5 nitrogen and oxygen atoms in total. The van der Waals surface area contributed by atoms with Crippen molar-refractivity contribution in [2.75, 3.05) is 26.2 Å². The van der Waals surface area contributed by atoms with Crippen LogP contribution in [-0.4, -0.2) is 51.3 Å². The second kappa shape index (κ2) is 6.13. The molecular formula is C17H21ClN4O. The number of imidazole rings is 1. The maximum absolute atomic E-state index is 12.2. The number of amides is 1. The van der Waals surface area contributed by atoms with Gasteiger partial charge >= 0.3 is 0 Å². The summed E-state index contributed by atoms with van der Waals surface area (Å²) in [5.74, 6) is 0.693. The first-order chi connectivity index (χ1) is 11.2. The zero-order chi connectivity index (χ0) is 15.8. The van der Waals surface area contributed by atoms with E-state index in [9.17, 15) is 4.79 Å². The highest BCUT2D eigenvalue weighted by Gasteiger charge is 2.33. The third-order valence-electron chi connectivity index (χ3n) is 4.68. The predicted molar refractivity (Wildman–Crippen MR) is 89.4 cm³/mol. The monoisotopic (exact) mass is 332 g/mol. The summed E-state index contributed by atoms with van der Waals surface area (Å²) >= 11 is 6.02. The molecular weight excluding hydrogens is 312 g/mol. The Kier molecular flexibility index (Phi) is 3.99. The normalized spacial score (nSPS) is 20.0. The molecule has 3 heterocycles. The molecule has 1 amide bonds. The molecule has 0 atom stereocenters. The molecule has 4 rings (SSSR count). The van der Waals surface area contributed by atoms with Crippen molar-refractivity contribution < 1.29 is 4.79 Å². The van der Waals surface area contributed by atoms with Gasteiger partial charge in [-0.1, -0.05) is 11.6 Å². The Balaban J connectivity index is 1.40. The quantitative estimate of drug-likeness (QED) is 0.866. The second-order valence-electron chi connectivity index (χ2n) is 6.57. The largest absolute Gasteiger partial charge is 0.341 e. The molecule has 0 aromatic carbocycles. The Labute approximate surface area is 140 Å². The molecule has 23 heavy (non-hydrogen) atoms. The molecule has 0 spiro atoms. The third-order valence-corrected chi connectivity index (χ3v) is 4.90. The van der Waals surface area contributed by atoms with Crippen LogP contribution < -0.4 is 0 Å². The van der Waals surface area contributed by atoms with E-state index in [0.29, 0.717) is 16.8 Å². The molecule has 6 heteroatoms. The fourth-order valence-electron chi connectivity index (χ4n) is 3.26. The van der Waals surface area contributed by atoms with E-state index in [-0.39, 0.29) is 0 Å². The highest BCUT2D eigenvalue weighted by Crippen LogP contribution is 2.31. The first-order valence-electron chi connectivity index (χ1n) is 8.33. The number of fused-ring (bicyclic) bond motifs is 1. The molecule has 1 aliphatic carbocycles. The highest BCUT2D eigenvalue weighted by atomic mass is 35.5. The van der Waals surface area contributed by atoms with Gasteiger partial charge in [0, 0.05) is 51.0 Å². The second-order valence-corrected chi connectivity index (χ2v) is 7.01. The first kappa shape index (κ1) is 15.0. The molecule has 0 unspecified atom stereocenters. The summed E-state index contributed by atoms with van der Waals surface area (Å²) in [4.78, 5) is 21.3. The lowest BCUT2D eigenvalue weighted by molar-refractivity contribution is -0.132. The van der Waals surface area contributed by atoms with Crippen LogP contribution in [-0.2, 0) is 11.3 Å². The van der Waals surface area contributed by atoms with E-state index < -0.39 is 0 Å². The van der Waals surface area contributed by atoms with Gasteiger partial charge in [-0.05, 0) is 31.4 Å². The van der Waals surface area contributed by atoms with Gasteiger partial charge in [0.05, 0.1) is 10.7 Å². The van der Waals surface area contributed by atoms with Gasteiger partial charge in [-0.15, -0.1) is 0 Å². The van der Waals surface area contributed by atoms with Crippen LogP contribution in [0.1, 0.15) is 25.0 Å². The van der Waals surface area contributed by atoms with Crippen LogP contribution in [0.5, 0.6) is 0 Å². The maximum Gasteiger partial charge on any atom is 0.225 e. The first-order valence-corrected chi connectivity index (χ1v) is 8.71. The topological polar surface area (TPSA) is 40.9 Å². The van der Waals surface area contributed by atoms with E-state index >= 15 is 0 Å². The van der Waals surface area contributed by atoms with Gasteiger partial charge < -0.3 is 9.30 Å².